The molecule has 4 heteroatoms. The van der Waals surface area contributed by atoms with Gasteiger partial charge in [0, 0.05) is 71.3 Å². The van der Waals surface area contributed by atoms with Crippen LogP contribution in [0.2, 0.25) is 0 Å². The average molecular weight is 518 g/mol. The molecule has 1 aliphatic rings. The van der Waals surface area contributed by atoms with Gasteiger partial charge in [-0.3, -0.25) is 4.79 Å². The first kappa shape index (κ1) is 27.7. The van der Waals surface area contributed by atoms with Gasteiger partial charge in [0.2, 0.25) is 0 Å². The molecular weight excluding hydrogens is 478 g/mol. The molecule has 0 spiro atoms. The monoisotopic (exact) mass is 517 g/mol. The maximum atomic E-state index is 13.3. The van der Waals surface area contributed by atoms with E-state index in [2.05, 4.69) is 112 Å². The summed E-state index contributed by atoms with van der Waals surface area (Å²) in [4.78, 5) is 19.5. The van der Waals surface area contributed by atoms with E-state index in [0.29, 0.717) is 6.42 Å². The van der Waals surface area contributed by atoms with Crippen LogP contribution in [0.1, 0.15) is 29.5 Å². The summed E-state index contributed by atoms with van der Waals surface area (Å²) in [7, 11) is 12.2. The lowest BCUT2D eigenvalue weighted by Gasteiger charge is -2.21. The normalized spacial score (nSPS) is 16.9. The second-order valence-corrected chi connectivity index (χ2v) is 10.5. The molecule has 0 unspecified atom stereocenters. The number of benzene rings is 3. The lowest BCUT2D eigenvalue weighted by molar-refractivity contribution is -0.115. The molecule has 0 saturated heterocycles. The number of allylic oxidation sites excluding steroid dienone is 5. The second-order valence-electron chi connectivity index (χ2n) is 10.5. The van der Waals surface area contributed by atoms with Gasteiger partial charge in [-0.05, 0) is 82.8 Å². The van der Waals surface area contributed by atoms with Crippen LogP contribution in [-0.4, -0.2) is 48.1 Å². The number of hydrogen-bond donors (Lipinski definition) is 0. The van der Waals surface area contributed by atoms with Gasteiger partial charge < -0.3 is 14.7 Å². The Bertz CT molecular complexity index is 1400. The summed E-state index contributed by atoms with van der Waals surface area (Å²) >= 11 is 0. The van der Waals surface area contributed by atoms with Crippen molar-refractivity contribution in [2.45, 2.75) is 12.8 Å². The van der Waals surface area contributed by atoms with Crippen LogP contribution in [0.25, 0.3) is 18.2 Å². The highest BCUT2D eigenvalue weighted by Gasteiger charge is 2.24. The Labute approximate surface area is 233 Å². The van der Waals surface area contributed by atoms with Gasteiger partial charge in [0.1, 0.15) is 0 Å². The molecule has 3 aromatic carbocycles. The smallest absolute Gasteiger partial charge is 0.163 e. The number of carbonyl (C=O) groups excluding carboxylic acids is 1. The van der Waals surface area contributed by atoms with E-state index in [-0.39, 0.29) is 5.78 Å². The van der Waals surface area contributed by atoms with E-state index in [1.165, 1.54) is 11.3 Å². The molecule has 0 aromatic heterocycles. The van der Waals surface area contributed by atoms with Gasteiger partial charge in [0.25, 0.3) is 0 Å². The third-order valence-corrected chi connectivity index (χ3v) is 6.99. The Kier molecular flexibility index (Phi) is 8.88. The zero-order valence-corrected chi connectivity index (χ0v) is 24.0. The van der Waals surface area contributed by atoms with Gasteiger partial charge in [-0.1, -0.05) is 54.6 Å². The summed E-state index contributed by atoms with van der Waals surface area (Å²) in [5.74, 6) is 0.184. The van der Waals surface area contributed by atoms with Gasteiger partial charge in [0.05, 0.1) is 0 Å². The van der Waals surface area contributed by atoms with Crippen molar-refractivity contribution in [2.75, 3.05) is 57.0 Å². The van der Waals surface area contributed by atoms with Crippen LogP contribution in [0.4, 0.5) is 17.1 Å². The zero-order chi connectivity index (χ0) is 27.9. The summed E-state index contributed by atoms with van der Waals surface area (Å²) in [6, 6.07) is 25.3. The van der Waals surface area contributed by atoms with E-state index in [1.807, 2.05) is 48.4 Å². The van der Waals surface area contributed by atoms with Crippen molar-refractivity contribution >= 4 is 41.1 Å². The van der Waals surface area contributed by atoms with E-state index in [4.69, 9.17) is 0 Å². The molecule has 1 aliphatic carbocycles. The first-order valence-corrected chi connectivity index (χ1v) is 13.4. The van der Waals surface area contributed by atoms with Crippen molar-refractivity contribution in [3.8, 4) is 0 Å². The van der Waals surface area contributed by atoms with Crippen LogP contribution in [0.5, 0.6) is 0 Å². The molecule has 0 bridgehead atoms. The third-order valence-electron chi connectivity index (χ3n) is 6.99. The Morgan fingerprint density at radius 3 is 1.38 bits per heavy atom. The summed E-state index contributed by atoms with van der Waals surface area (Å²) in [5, 5.41) is 0. The Morgan fingerprint density at radius 1 is 0.538 bits per heavy atom. The average Bonchev–Trinajstić information content (AvgIpc) is 2.92. The minimum absolute atomic E-state index is 0.184. The van der Waals surface area contributed by atoms with E-state index in [1.54, 1.807) is 0 Å². The van der Waals surface area contributed by atoms with Crippen molar-refractivity contribution in [3.05, 3.63) is 118 Å². The summed E-state index contributed by atoms with van der Waals surface area (Å²) in [6.45, 7) is 0. The maximum absolute atomic E-state index is 13.3. The number of ketones is 1. The first-order chi connectivity index (χ1) is 18.7. The van der Waals surface area contributed by atoms with E-state index < -0.39 is 0 Å². The highest BCUT2D eigenvalue weighted by molar-refractivity contribution is 6.08. The van der Waals surface area contributed by atoms with Crippen LogP contribution in [0.3, 0.4) is 0 Å². The summed E-state index contributed by atoms with van der Waals surface area (Å²) in [6.07, 6.45) is 11.8. The molecule has 1 fully saturated rings. The fourth-order valence-corrected chi connectivity index (χ4v) is 4.57. The van der Waals surface area contributed by atoms with Gasteiger partial charge in [-0.2, -0.15) is 0 Å². The second kappa shape index (κ2) is 12.5. The first-order valence-electron chi connectivity index (χ1n) is 13.4. The number of nitrogens with zero attached hydrogens (tertiary/aromatic N) is 3. The van der Waals surface area contributed by atoms with Crippen molar-refractivity contribution in [1.29, 1.82) is 0 Å². The van der Waals surface area contributed by atoms with Crippen LogP contribution < -0.4 is 14.7 Å². The van der Waals surface area contributed by atoms with Crippen LogP contribution in [0.15, 0.2) is 102 Å². The number of carbonyl (C=O) groups is 1. The predicted octanol–water partition coefficient (Wildman–Crippen LogP) is 7.35. The molecule has 39 heavy (non-hydrogen) atoms. The van der Waals surface area contributed by atoms with Crippen molar-refractivity contribution < 1.29 is 4.79 Å². The molecule has 4 rings (SSSR count). The molecule has 0 amide bonds. The molecule has 0 N–H and O–H groups in total. The number of anilines is 3. The molecule has 3 aromatic rings. The highest BCUT2D eigenvalue weighted by Crippen LogP contribution is 2.35. The largest absolute Gasteiger partial charge is 0.378 e. The molecule has 1 saturated carbocycles. The molecule has 0 heterocycles. The molecule has 0 radical (unpaired) electrons. The van der Waals surface area contributed by atoms with Crippen molar-refractivity contribution in [2.24, 2.45) is 0 Å². The number of hydrogen-bond acceptors (Lipinski definition) is 4. The van der Waals surface area contributed by atoms with Gasteiger partial charge >= 0.3 is 0 Å². The van der Waals surface area contributed by atoms with E-state index >= 15 is 0 Å². The molecule has 200 valence electrons. The predicted molar refractivity (Wildman–Crippen MR) is 170 cm³/mol. The Hall–Kier alpha value is -4.31. The minimum atomic E-state index is 0.184. The van der Waals surface area contributed by atoms with Crippen LogP contribution in [0, 0.1) is 0 Å². The number of Topliss-reactive ketones (excluding diaryl/α,β-unsaturated/α-hetero) is 1. The Balaban J connectivity index is 1.72. The molecular formula is C35H39N3O. The summed E-state index contributed by atoms with van der Waals surface area (Å²) in [5.41, 5.74) is 9.63. The van der Waals surface area contributed by atoms with E-state index in [0.717, 1.165) is 45.6 Å². The van der Waals surface area contributed by atoms with E-state index in [9.17, 15) is 4.79 Å². The molecule has 0 atom stereocenters. The van der Waals surface area contributed by atoms with Gasteiger partial charge in [-0.15, -0.1) is 0 Å². The lowest BCUT2D eigenvalue weighted by Crippen LogP contribution is -2.14. The SMILES string of the molecule is CN(C)c1ccc(C=CC=C2CCC(=O)C(=Cc3ccc(N(C)C)cc3)C2=Cc2ccc(N(C)C)cc2)cc1. The summed E-state index contributed by atoms with van der Waals surface area (Å²) < 4.78 is 0. The minimum Gasteiger partial charge on any atom is -0.378 e. The quantitative estimate of drug-likeness (QED) is 0.306. The standard InChI is InChI=1S/C35H39N3O/c1-36(2)30-17-10-26(11-18-30)8-7-9-29-16-23-35(39)34(25-28-14-21-32(22-15-28)38(5)6)33(29)24-27-12-19-31(20-13-27)37(3)4/h7-15,17-22,24-25H,16,23H2,1-6H3. The zero-order valence-electron chi connectivity index (χ0n) is 24.0. The third kappa shape index (κ3) is 7.17. The van der Waals surface area contributed by atoms with Crippen molar-refractivity contribution in [3.63, 3.8) is 0 Å². The molecule has 4 nitrogen and oxygen atoms in total. The Morgan fingerprint density at radius 2 is 0.949 bits per heavy atom. The van der Waals surface area contributed by atoms with Crippen LogP contribution >= 0.6 is 0 Å². The highest BCUT2D eigenvalue weighted by atomic mass is 16.1. The van der Waals surface area contributed by atoms with Crippen molar-refractivity contribution in [1.82, 2.24) is 0 Å². The fourth-order valence-electron chi connectivity index (χ4n) is 4.57. The lowest BCUT2D eigenvalue weighted by atomic mass is 9.82. The van der Waals surface area contributed by atoms with Crippen LogP contribution in [-0.2, 0) is 4.79 Å². The number of rotatable bonds is 7. The maximum Gasteiger partial charge on any atom is 0.163 e. The fraction of sp³-hybridized carbons (Fsp3) is 0.229. The molecule has 0 aliphatic heterocycles. The van der Waals surface area contributed by atoms with Gasteiger partial charge in [0.15, 0.2) is 5.78 Å². The van der Waals surface area contributed by atoms with Gasteiger partial charge in [-0.25, -0.2) is 0 Å². The topological polar surface area (TPSA) is 26.8 Å².